The van der Waals surface area contributed by atoms with Crippen molar-refractivity contribution < 1.29 is 10.2 Å². The molecule has 0 aromatic carbocycles. The molecule has 0 aromatic rings. The Morgan fingerprint density at radius 3 is 2.20 bits per heavy atom. The molecular weight excluding hydrogens is 202 g/mol. The summed E-state index contributed by atoms with van der Waals surface area (Å²) in [6.07, 6.45) is -1.80. The maximum atomic E-state index is 9.96. The number of nitroso groups, excluding NO2 is 1. The highest BCUT2D eigenvalue weighted by atomic mass is 79.9. The first kappa shape index (κ1) is 10.0. The summed E-state index contributed by atoms with van der Waals surface area (Å²) in [5.41, 5.74) is 0. The van der Waals surface area contributed by atoms with Crippen molar-refractivity contribution in [2.45, 2.75) is 25.2 Å². The van der Waals surface area contributed by atoms with E-state index in [4.69, 9.17) is 10.2 Å². The van der Waals surface area contributed by atoms with Crippen LogP contribution in [0.4, 0.5) is 0 Å². The number of rotatable bonds is 4. The molecule has 0 bridgehead atoms. The average Bonchev–Trinajstić information content (AvgIpc) is 1.88. The molecule has 0 fully saturated rings. The van der Waals surface area contributed by atoms with Crippen molar-refractivity contribution >= 4 is 15.9 Å². The fraction of sp³-hybridized carbons (Fsp3) is 1.00. The van der Waals surface area contributed by atoms with Crippen LogP contribution in [0.2, 0.25) is 0 Å². The maximum absolute atomic E-state index is 9.96. The molecule has 0 aliphatic heterocycles. The highest BCUT2D eigenvalue weighted by molar-refractivity contribution is 9.09. The number of hydrogen-bond donors (Lipinski definition) is 2. The van der Waals surface area contributed by atoms with E-state index >= 15 is 0 Å². The molecule has 60 valence electrons. The Labute approximate surface area is 67.3 Å². The lowest BCUT2D eigenvalue weighted by atomic mass is 10.1. The Morgan fingerprint density at radius 1 is 1.60 bits per heavy atom. The minimum Gasteiger partial charge on any atom is -0.391 e. The first-order valence-corrected chi connectivity index (χ1v) is 4.00. The van der Waals surface area contributed by atoms with E-state index in [1.54, 1.807) is 0 Å². The number of aliphatic hydroxyl groups excluding tert-OH is 2. The van der Waals surface area contributed by atoms with E-state index in [9.17, 15) is 4.91 Å². The molecule has 0 rings (SSSR count). The van der Waals surface area contributed by atoms with Crippen LogP contribution in [0.15, 0.2) is 5.18 Å². The lowest BCUT2D eigenvalue weighted by Gasteiger charge is -2.15. The van der Waals surface area contributed by atoms with Gasteiger partial charge in [0.05, 0.1) is 12.2 Å². The SMILES string of the molecule is CC(O)C(N=O)C(O)CBr. The summed E-state index contributed by atoms with van der Waals surface area (Å²) in [6.45, 7) is 1.41. The van der Waals surface area contributed by atoms with Gasteiger partial charge in [0.1, 0.15) is 6.04 Å². The summed E-state index contributed by atoms with van der Waals surface area (Å²) >= 11 is 2.96. The molecule has 0 heterocycles. The van der Waals surface area contributed by atoms with Gasteiger partial charge in [-0.25, -0.2) is 0 Å². The van der Waals surface area contributed by atoms with E-state index in [-0.39, 0.29) is 5.33 Å². The second-order valence-electron chi connectivity index (χ2n) is 2.06. The molecule has 10 heavy (non-hydrogen) atoms. The Morgan fingerprint density at radius 2 is 2.10 bits per heavy atom. The molecule has 3 unspecified atom stereocenters. The molecule has 0 spiro atoms. The van der Waals surface area contributed by atoms with Gasteiger partial charge in [0.25, 0.3) is 0 Å². The summed E-state index contributed by atoms with van der Waals surface area (Å²) in [6, 6.07) is -0.931. The van der Waals surface area contributed by atoms with E-state index in [1.807, 2.05) is 0 Å². The number of nitrogens with zero attached hydrogens (tertiary/aromatic N) is 1. The van der Waals surface area contributed by atoms with E-state index in [0.29, 0.717) is 0 Å². The smallest absolute Gasteiger partial charge is 0.144 e. The summed E-state index contributed by atoms with van der Waals surface area (Å²) in [4.78, 5) is 9.96. The van der Waals surface area contributed by atoms with Gasteiger partial charge in [0.2, 0.25) is 0 Å². The van der Waals surface area contributed by atoms with Crippen LogP contribution in [0.5, 0.6) is 0 Å². The predicted octanol–water partition coefficient (Wildman–Crippen LogP) is 0.258. The van der Waals surface area contributed by atoms with Gasteiger partial charge < -0.3 is 10.2 Å². The normalized spacial score (nSPS) is 19.6. The third-order valence-corrected chi connectivity index (χ3v) is 1.83. The highest BCUT2D eigenvalue weighted by Crippen LogP contribution is 2.06. The molecule has 0 aliphatic rings. The molecule has 4 nitrogen and oxygen atoms in total. The first-order chi connectivity index (χ1) is 4.63. The van der Waals surface area contributed by atoms with Crippen molar-refractivity contribution in [1.29, 1.82) is 0 Å². The van der Waals surface area contributed by atoms with Crippen molar-refractivity contribution in [3.05, 3.63) is 4.91 Å². The van der Waals surface area contributed by atoms with Gasteiger partial charge in [-0.05, 0) is 6.92 Å². The van der Waals surface area contributed by atoms with Crippen LogP contribution in [0.3, 0.4) is 0 Å². The van der Waals surface area contributed by atoms with Gasteiger partial charge in [0, 0.05) is 5.33 Å². The second-order valence-corrected chi connectivity index (χ2v) is 2.71. The van der Waals surface area contributed by atoms with Gasteiger partial charge in [-0.15, -0.1) is 0 Å². The van der Waals surface area contributed by atoms with Crippen LogP contribution >= 0.6 is 15.9 Å². The van der Waals surface area contributed by atoms with Gasteiger partial charge >= 0.3 is 0 Å². The van der Waals surface area contributed by atoms with Crippen molar-refractivity contribution in [2.75, 3.05) is 5.33 Å². The maximum Gasteiger partial charge on any atom is 0.144 e. The number of halogens is 1. The van der Waals surface area contributed by atoms with Gasteiger partial charge in [-0.2, -0.15) is 4.91 Å². The van der Waals surface area contributed by atoms with Crippen molar-refractivity contribution in [3.8, 4) is 0 Å². The minimum absolute atomic E-state index is 0.244. The zero-order valence-corrected chi connectivity index (χ0v) is 7.15. The standard InChI is InChI=1S/C5H10BrNO3/c1-3(8)5(7-10)4(9)2-6/h3-5,8-9H,2H2,1H3. The van der Waals surface area contributed by atoms with Crippen LogP contribution in [0.25, 0.3) is 0 Å². The average molecular weight is 212 g/mol. The predicted molar refractivity (Wildman–Crippen MR) is 41.1 cm³/mol. The van der Waals surface area contributed by atoms with E-state index < -0.39 is 18.2 Å². The van der Waals surface area contributed by atoms with Crippen molar-refractivity contribution in [3.63, 3.8) is 0 Å². The third-order valence-electron chi connectivity index (χ3n) is 1.17. The van der Waals surface area contributed by atoms with Crippen LogP contribution < -0.4 is 0 Å². The minimum atomic E-state index is -0.931. The second kappa shape index (κ2) is 4.76. The number of alkyl halides is 1. The largest absolute Gasteiger partial charge is 0.391 e. The van der Waals surface area contributed by atoms with Crippen LogP contribution in [0, 0.1) is 4.91 Å². The van der Waals surface area contributed by atoms with Crippen LogP contribution in [-0.2, 0) is 0 Å². The zero-order chi connectivity index (χ0) is 8.15. The Balaban J connectivity index is 3.92. The summed E-state index contributed by atoms with van der Waals surface area (Å²) in [5, 5.41) is 20.6. The first-order valence-electron chi connectivity index (χ1n) is 2.88. The third kappa shape index (κ3) is 2.72. The number of hydrogen-bond acceptors (Lipinski definition) is 4. The fourth-order valence-corrected chi connectivity index (χ4v) is 0.954. The molecular formula is C5H10BrNO3. The molecule has 0 saturated carbocycles. The molecule has 2 N–H and O–H groups in total. The van der Waals surface area contributed by atoms with Crippen molar-refractivity contribution in [1.82, 2.24) is 0 Å². The van der Waals surface area contributed by atoms with E-state index in [2.05, 4.69) is 21.1 Å². The Kier molecular flexibility index (Phi) is 4.76. The molecule has 0 aliphatic carbocycles. The van der Waals surface area contributed by atoms with E-state index in [0.717, 1.165) is 0 Å². The molecule has 3 atom stereocenters. The Bertz CT molecular complexity index is 109. The molecule has 0 amide bonds. The quantitative estimate of drug-likeness (QED) is 0.518. The fourth-order valence-electron chi connectivity index (χ4n) is 0.571. The topological polar surface area (TPSA) is 69.9 Å². The lowest BCUT2D eigenvalue weighted by Crippen LogP contribution is -2.34. The molecule has 0 aromatic heterocycles. The monoisotopic (exact) mass is 211 g/mol. The molecule has 0 saturated heterocycles. The van der Waals surface area contributed by atoms with Crippen molar-refractivity contribution in [2.24, 2.45) is 5.18 Å². The zero-order valence-electron chi connectivity index (χ0n) is 5.57. The van der Waals surface area contributed by atoms with E-state index in [1.165, 1.54) is 6.92 Å². The molecule has 0 radical (unpaired) electrons. The summed E-state index contributed by atoms with van der Waals surface area (Å²) in [5.74, 6) is 0. The number of aliphatic hydroxyl groups is 2. The summed E-state index contributed by atoms with van der Waals surface area (Å²) < 4.78 is 0. The van der Waals surface area contributed by atoms with Gasteiger partial charge in [0.15, 0.2) is 0 Å². The van der Waals surface area contributed by atoms with Crippen LogP contribution in [0.1, 0.15) is 6.92 Å². The highest BCUT2D eigenvalue weighted by Gasteiger charge is 2.23. The Hall–Kier alpha value is -0.0000000000000000555. The summed E-state index contributed by atoms with van der Waals surface area (Å²) in [7, 11) is 0. The molecule has 5 heteroatoms. The lowest BCUT2D eigenvalue weighted by molar-refractivity contribution is 0.0795. The van der Waals surface area contributed by atoms with Gasteiger partial charge in [-0.3, -0.25) is 0 Å². The van der Waals surface area contributed by atoms with Gasteiger partial charge in [-0.1, -0.05) is 21.1 Å². The van der Waals surface area contributed by atoms with Crippen LogP contribution in [-0.4, -0.2) is 33.8 Å².